The van der Waals surface area contributed by atoms with E-state index in [0.29, 0.717) is 12.5 Å². The summed E-state index contributed by atoms with van der Waals surface area (Å²) in [4.78, 5) is 25.4. The second-order valence-electron chi connectivity index (χ2n) is 4.36. The topological polar surface area (TPSA) is 37.4 Å². The van der Waals surface area contributed by atoms with E-state index in [0.717, 1.165) is 23.5 Å². The largest absolute Gasteiger partial charge is 0.418 e. The van der Waals surface area contributed by atoms with Crippen LogP contribution in [0, 0.1) is 0 Å². The fourth-order valence-corrected chi connectivity index (χ4v) is 5.30. The molecule has 0 spiro atoms. The lowest BCUT2D eigenvalue weighted by atomic mass is 10.1. The minimum absolute atomic E-state index is 0.0823. The second kappa shape index (κ2) is 5.17. The highest BCUT2D eigenvalue weighted by Gasteiger charge is 2.45. The first-order valence-electron chi connectivity index (χ1n) is 5.76. The van der Waals surface area contributed by atoms with Crippen LogP contribution in [-0.4, -0.2) is 11.8 Å². The van der Waals surface area contributed by atoms with Crippen molar-refractivity contribution in [3.63, 3.8) is 0 Å². The van der Waals surface area contributed by atoms with Crippen LogP contribution in [0.4, 0.5) is 18.9 Å². The molecule has 1 aliphatic rings. The van der Waals surface area contributed by atoms with Crippen LogP contribution in [0.5, 0.6) is 0 Å². The van der Waals surface area contributed by atoms with Crippen molar-refractivity contribution in [2.45, 2.75) is 6.18 Å². The van der Waals surface area contributed by atoms with E-state index >= 15 is 0 Å². The van der Waals surface area contributed by atoms with Crippen molar-refractivity contribution in [1.82, 2.24) is 0 Å². The molecule has 0 N–H and O–H groups in total. The van der Waals surface area contributed by atoms with Crippen molar-refractivity contribution in [2.24, 2.45) is 0 Å². The second-order valence-corrected chi connectivity index (χ2v) is 8.02. The van der Waals surface area contributed by atoms with Crippen molar-refractivity contribution < 1.29 is 22.8 Å². The van der Waals surface area contributed by atoms with Crippen LogP contribution in [-0.2, 0) is 6.18 Å². The van der Waals surface area contributed by atoms with Crippen LogP contribution in [0.2, 0.25) is 0 Å². The Morgan fingerprint density at radius 1 is 0.955 bits per heavy atom. The number of anilines is 1. The highest BCUT2D eigenvalue weighted by molar-refractivity contribution is 9.12. The number of thiophene rings is 1. The molecule has 0 fully saturated rings. The number of carbonyl (C=O) groups is 2. The molecule has 2 heterocycles. The summed E-state index contributed by atoms with van der Waals surface area (Å²) < 4.78 is 40.1. The van der Waals surface area contributed by atoms with E-state index in [-0.39, 0.29) is 11.1 Å². The number of amides is 2. The number of rotatable bonds is 1. The van der Waals surface area contributed by atoms with E-state index in [1.54, 1.807) is 0 Å². The summed E-state index contributed by atoms with van der Waals surface area (Å²) in [5.41, 5.74) is -1.33. The van der Waals surface area contributed by atoms with E-state index in [1.807, 2.05) is 0 Å². The Balaban J connectivity index is 2.19. The Kier molecular flexibility index (Phi) is 3.69. The number of fused-ring (bicyclic) bond motifs is 1. The van der Waals surface area contributed by atoms with Gasteiger partial charge in [0.1, 0.15) is 0 Å². The Labute approximate surface area is 143 Å². The van der Waals surface area contributed by atoms with E-state index in [4.69, 9.17) is 0 Å². The lowest BCUT2D eigenvalue weighted by molar-refractivity contribution is -0.137. The summed E-state index contributed by atoms with van der Waals surface area (Å²) in [6.45, 7) is 0. The standard InChI is InChI=1S/C13H4Br2F3NO2S/c14-9-7-8(10(15)22-9)12(21)19(11(7)20)6-4-2-1-3-5(6)13(16,17)18/h1-4H. The zero-order valence-electron chi connectivity index (χ0n) is 10.4. The highest BCUT2D eigenvalue weighted by atomic mass is 79.9. The fourth-order valence-electron chi connectivity index (χ4n) is 2.20. The van der Waals surface area contributed by atoms with Crippen LogP contribution >= 0.6 is 43.2 Å². The molecule has 0 bridgehead atoms. The van der Waals surface area contributed by atoms with Gasteiger partial charge in [-0.25, -0.2) is 4.90 Å². The molecule has 0 aliphatic carbocycles. The fraction of sp³-hybridized carbons (Fsp3) is 0.0769. The Morgan fingerprint density at radius 3 is 1.95 bits per heavy atom. The number of benzene rings is 1. The van der Waals surface area contributed by atoms with Crippen LogP contribution in [0.25, 0.3) is 0 Å². The molecule has 9 heteroatoms. The van der Waals surface area contributed by atoms with Gasteiger partial charge in [-0.2, -0.15) is 13.2 Å². The van der Waals surface area contributed by atoms with Gasteiger partial charge in [-0.15, -0.1) is 11.3 Å². The molecule has 2 amide bonds. The molecule has 1 aromatic carbocycles. The van der Waals surface area contributed by atoms with Crippen LogP contribution < -0.4 is 4.90 Å². The molecule has 22 heavy (non-hydrogen) atoms. The van der Waals surface area contributed by atoms with Gasteiger partial charge in [-0.1, -0.05) is 12.1 Å². The van der Waals surface area contributed by atoms with Gasteiger partial charge in [0.15, 0.2) is 0 Å². The lowest BCUT2D eigenvalue weighted by Crippen LogP contribution is -2.31. The predicted octanol–water partition coefficient (Wildman–Crippen LogP) is 5.09. The summed E-state index contributed by atoms with van der Waals surface area (Å²) >= 11 is 7.45. The number of halogens is 5. The SMILES string of the molecule is O=C1c2c(Br)sc(Br)c2C(=O)N1c1ccccc1C(F)(F)F. The zero-order valence-corrected chi connectivity index (χ0v) is 14.4. The average Bonchev–Trinajstić information content (AvgIpc) is 2.86. The van der Waals surface area contributed by atoms with Crippen molar-refractivity contribution >= 4 is 60.7 Å². The van der Waals surface area contributed by atoms with Gasteiger partial charge >= 0.3 is 6.18 Å². The summed E-state index contributed by atoms with van der Waals surface area (Å²) in [7, 11) is 0. The summed E-state index contributed by atoms with van der Waals surface area (Å²) in [5.74, 6) is -1.55. The molecule has 0 saturated heterocycles. The van der Waals surface area contributed by atoms with Crippen LogP contribution in [0.3, 0.4) is 0 Å². The van der Waals surface area contributed by atoms with Crippen LogP contribution in [0.1, 0.15) is 26.3 Å². The van der Waals surface area contributed by atoms with Gasteiger partial charge < -0.3 is 0 Å². The van der Waals surface area contributed by atoms with Crippen molar-refractivity contribution in [3.05, 3.63) is 48.5 Å². The third-order valence-corrected chi connectivity index (χ3v) is 5.64. The molecular formula is C13H4Br2F3NO2S. The smallest absolute Gasteiger partial charge is 0.268 e. The van der Waals surface area contributed by atoms with E-state index in [9.17, 15) is 22.8 Å². The van der Waals surface area contributed by atoms with Crippen molar-refractivity contribution in [1.29, 1.82) is 0 Å². The maximum Gasteiger partial charge on any atom is 0.418 e. The molecule has 3 nitrogen and oxygen atoms in total. The van der Waals surface area contributed by atoms with Crippen molar-refractivity contribution in [2.75, 3.05) is 4.90 Å². The van der Waals surface area contributed by atoms with E-state index in [1.165, 1.54) is 12.1 Å². The Morgan fingerprint density at radius 2 is 1.45 bits per heavy atom. The first kappa shape index (κ1) is 15.7. The number of nitrogens with zero attached hydrogens (tertiary/aromatic N) is 1. The van der Waals surface area contributed by atoms with Crippen LogP contribution in [0.15, 0.2) is 31.8 Å². The minimum Gasteiger partial charge on any atom is -0.268 e. The molecule has 1 aliphatic heterocycles. The molecule has 114 valence electrons. The molecule has 0 atom stereocenters. The highest BCUT2D eigenvalue weighted by Crippen LogP contribution is 2.45. The van der Waals surface area contributed by atoms with Gasteiger partial charge in [-0.3, -0.25) is 9.59 Å². The Bertz CT molecular complexity index is 780. The zero-order chi connectivity index (χ0) is 16.2. The summed E-state index contributed by atoms with van der Waals surface area (Å²) in [5, 5.41) is 0. The molecule has 2 aromatic rings. The number of para-hydroxylation sites is 1. The lowest BCUT2D eigenvalue weighted by Gasteiger charge is -2.19. The molecule has 0 radical (unpaired) electrons. The number of hydrogen-bond acceptors (Lipinski definition) is 3. The van der Waals surface area contributed by atoms with E-state index in [2.05, 4.69) is 31.9 Å². The minimum atomic E-state index is -4.67. The van der Waals surface area contributed by atoms with Gasteiger partial charge in [0, 0.05) is 0 Å². The third-order valence-electron chi connectivity index (χ3n) is 3.11. The molecule has 0 unspecified atom stereocenters. The molecule has 1 aromatic heterocycles. The quantitative estimate of drug-likeness (QED) is 0.562. The molecule has 0 saturated carbocycles. The molecule has 3 rings (SSSR count). The Hall–Kier alpha value is -1.19. The van der Waals surface area contributed by atoms with Gasteiger partial charge in [0.2, 0.25) is 0 Å². The maximum atomic E-state index is 13.1. The first-order valence-corrected chi connectivity index (χ1v) is 8.16. The first-order chi connectivity index (χ1) is 10.2. The number of alkyl halides is 3. The maximum absolute atomic E-state index is 13.1. The predicted molar refractivity (Wildman–Crippen MR) is 82.3 cm³/mol. The third kappa shape index (κ3) is 2.22. The van der Waals surface area contributed by atoms with Gasteiger partial charge in [0.25, 0.3) is 11.8 Å². The normalized spacial score (nSPS) is 14.7. The van der Waals surface area contributed by atoms with Gasteiger partial charge in [0.05, 0.1) is 30.0 Å². The number of imide groups is 1. The van der Waals surface area contributed by atoms with Gasteiger partial charge in [-0.05, 0) is 44.0 Å². The molecular weight excluding hydrogens is 451 g/mol. The average molecular weight is 455 g/mol. The van der Waals surface area contributed by atoms with Crippen molar-refractivity contribution in [3.8, 4) is 0 Å². The summed E-state index contributed by atoms with van der Waals surface area (Å²) in [6.07, 6.45) is -4.67. The number of carbonyl (C=O) groups excluding carboxylic acids is 2. The summed E-state index contributed by atoms with van der Waals surface area (Å²) in [6, 6.07) is 4.50. The number of hydrogen-bond donors (Lipinski definition) is 0. The monoisotopic (exact) mass is 453 g/mol. The van der Waals surface area contributed by atoms with E-state index < -0.39 is 29.2 Å².